The van der Waals surface area contributed by atoms with Crippen LogP contribution in [0.2, 0.25) is 0 Å². The molecule has 0 aromatic carbocycles. The first-order valence-corrected chi connectivity index (χ1v) is 8.34. The monoisotopic (exact) mass is 353 g/mol. The normalized spacial score (nSPS) is 12.4. The van der Waals surface area contributed by atoms with Crippen molar-refractivity contribution in [3.63, 3.8) is 0 Å². The molecule has 0 spiro atoms. The average Bonchev–Trinajstić information content (AvgIpc) is 3.39. The number of carbonyl (C=O) groups excluding carboxylic acids is 1. The Hall–Kier alpha value is -3.42. The number of aryl methyl sites for hydroxylation is 1. The van der Waals surface area contributed by atoms with Gasteiger partial charge in [-0.15, -0.1) is 0 Å². The Morgan fingerprint density at radius 3 is 3.08 bits per heavy atom. The lowest BCUT2D eigenvalue weighted by atomic mass is 10.2. The molecule has 0 aliphatic rings. The number of aromatic amines is 1. The fraction of sp³-hybridized carbons (Fsp3) is 0.222. The summed E-state index contributed by atoms with van der Waals surface area (Å²) in [6.45, 7) is 2.31. The molecule has 136 valence electrons. The molecular weight excluding hydrogens is 330 g/mol. The van der Waals surface area contributed by atoms with Gasteiger partial charge in [0, 0.05) is 45.1 Å². The Balaban J connectivity index is 0.00000140. The summed E-state index contributed by atoms with van der Waals surface area (Å²) < 4.78 is 3.63. The van der Waals surface area contributed by atoms with E-state index in [1.807, 2.05) is 55.3 Å². The topological polar surface area (TPSA) is 93.4 Å². The van der Waals surface area contributed by atoms with Crippen molar-refractivity contribution in [3.8, 4) is 11.3 Å². The van der Waals surface area contributed by atoms with Gasteiger partial charge in [0.05, 0.1) is 18.4 Å². The molecule has 26 heavy (non-hydrogen) atoms. The van der Waals surface area contributed by atoms with Gasteiger partial charge in [0.1, 0.15) is 18.0 Å². The lowest BCUT2D eigenvalue weighted by Crippen LogP contribution is -2.31. The first-order valence-electron chi connectivity index (χ1n) is 8.34. The molecule has 0 aliphatic carbocycles. The highest BCUT2D eigenvalue weighted by Crippen LogP contribution is 2.24. The first-order chi connectivity index (χ1) is 12.6. The van der Waals surface area contributed by atoms with Gasteiger partial charge in [0.15, 0.2) is 0 Å². The molecule has 0 fully saturated rings. The van der Waals surface area contributed by atoms with Gasteiger partial charge in [-0.3, -0.25) is 9.48 Å². The third kappa shape index (κ3) is 2.85. The van der Waals surface area contributed by atoms with Crippen molar-refractivity contribution >= 4 is 16.9 Å². The van der Waals surface area contributed by atoms with Crippen LogP contribution in [0.1, 0.15) is 21.5 Å². The van der Waals surface area contributed by atoms with E-state index in [1.165, 1.54) is 6.33 Å². The van der Waals surface area contributed by atoms with E-state index in [-0.39, 0.29) is 8.76 Å². The molecule has 0 saturated carbocycles. The summed E-state index contributed by atoms with van der Waals surface area (Å²) in [5.74, 6) is -0.0877. The third-order valence-electron chi connectivity index (χ3n) is 4.50. The average molecular weight is 353 g/mol. The second kappa shape index (κ2) is 6.47. The van der Waals surface area contributed by atoms with Crippen molar-refractivity contribution in [3.05, 3.63) is 55.0 Å². The molecule has 4 aromatic heterocycles. The number of rotatable bonds is 5. The lowest BCUT2D eigenvalue weighted by Gasteiger charge is -2.13. The van der Waals surface area contributed by atoms with Crippen molar-refractivity contribution in [1.29, 1.82) is 0 Å². The van der Waals surface area contributed by atoms with Gasteiger partial charge >= 0.3 is 0 Å². The molecule has 4 heterocycles. The van der Waals surface area contributed by atoms with Crippen LogP contribution in [0.3, 0.4) is 0 Å². The smallest absolute Gasteiger partial charge is 0.244 e. The summed E-state index contributed by atoms with van der Waals surface area (Å²) in [5, 5.41) is 8.22. The maximum absolute atomic E-state index is 12.5. The highest BCUT2D eigenvalue weighted by atomic mass is 16.2. The van der Waals surface area contributed by atoms with Crippen molar-refractivity contribution in [2.45, 2.75) is 19.5 Å². The molecule has 4 aromatic rings. The predicted octanol–water partition coefficient (Wildman–Crippen LogP) is 2.53. The molecule has 1 atom stereocenters. The molecule has 8 nitrogen and oxygen atoms in total. The highest BCUT2D eigenvalue weighted by molar-refractivity contribution is 5.90. The number of H-pyrrole nitrogens is 1. The van der Waals surface area contributed by atoms with E-state index in [1.54, 1.807) is 10.9 Å². The van der Waals surface area contributed by atoms with E-state index < -0.39 is 6.04 Å². The maximum Gasteiger partial charge on any atom is 0.244 e. The zero-order valence-corrected chi connectivity index (χ0v) is 14.5. The molecule has 0 saturated heterocycles. The minimum atomic E-state index is -0.424. The number of aromatic nitrogens is 6. The van der Waals surface area contributed by atoms with E-state index in [4.69, 9.17) is 0 Å². The van der Waals surface area contributed by atoms with Gasteiger partial charge in [-0.1, -0.05) is 0 Å². The van der Waals surface area contributed by atoms with Crippen molar-refractivity contribution in [2.75, 3.05) is 0 Å². The van der Waals surface area contributed by atoms with Gasteiger partial charge in [-0.05, 0) is 25.1 Å². The Morgan fingerprint density at radius 2 is 2.27 bits per heavy atom. The summed E-state index contributed by atoms with van der Waals surface area (Å²) >= 11 is 0. The molecule has 2 N–H and O–H groups in total. The van der Waals surface area contributed by atoms with Crippen molar-refractivity contribution in [1.82, 2.24) is 34.6 Å². The van der Waals surface area contributed by atoms with Crippen LogP contribution in [0.25, 0.3) is 22.3 Å². The fourth-order valence-corrected chi connectivity index (χ4v) is 2.90. The molecule has 1 amide bonds. The van der Waals surface area contributed by atoms with Gasteiger partial charge in [-0.2, -0.15) is 5.10 Å². The number of nitrogens with zero attached hydrogens (tertiary/aromatic N) is 5. The zero-order chi connectivity index (χ0) is 18.1. The van der Waals surface area contributed by atoms with E-state index in [9.17, 15) is 4.79 Å². The highest BCUT2D eigenvalue weighted by Gasteiger charge is 2.17. The van der Waals surface area contributed by atoms with E-state index in [0.29, 0.717) is 6.54 Å². The maximum atomic E-state index is 12.5. The second-order valence-corrected chi connectivity index (χ2v) is 6.18. The largest absolute Gasteiger partial charge is 0.353 e. The molecule has 1 unspecified atom stereocenters. The van der Waals surface area contributed by atoms with Gasteiger partial charge in [0.25, 0.3) is 0 Å². The number of fused-ring (bicyclic) bond motifs is 1. The summed E-state index contributed by atoms with van der Waals surface area (Å²) in [6, 6.07) is 5.44. The molecule has 0 radical (unpaired) electrons. The van der Waals surface area contributed by atoms with Crippen LogP contribution in [-0.4, -0.2) is 35.2 Å². The summed E-state index contributed by atoms with van der Waals surface area (Å²) in [5.41, 5.74) is 3.46. The summed E-state index contributed by atoms with van der Waals surface area (Å²) in [7, 11) is 1.95. The minimum Gasteiger partial charge on any atom is -0.353 e. The molecule has 0 aliphatic heterocycles. The van der Waals surface area contributed by atoms with Gasteiger partial charge in [-0.25, -0.2) is 9.97 Å². The van der Waals surface area contributed by atoms with Crippen LogP contribution in [-0.2, 0) is 18.4 Å². The summed E-state index contributed by atoms with van der Waals surface area (Å²) in [6.07, 6.45) is 8.85. The zero-order valence-electron chi connectivity index (χ0n) is 14.5. The van der Waals surface area contributed by atoms with Crippen LogP contribution in [0.15, 0.2) is 49.3 Å². The van der Waals surface area contributed by atoms with Crippen molar-refractivity contribution < 1.29 is 7.65 Å². The Morgan fingerprint density at radius 1 is 1.38 bits per heavy atom. The quantitative estimate of drug-likeness (QED) is 0.576. The van der Waals surface area contributed by atoms with Crippen LogP contribution in [0, 0.1) is 0 Å². The lowest BCUT2D eigenvalue weighted by molar-refractivity contribution is -0.124. The molecular formula is C18H23N7O. The van der Waals surface area contributed by atoms with Crippen LogP contribution >= 0.6 is 0 Å². The van der Waals surface area contributed by atoms with Gasteiger partial charge < -0.3 is 14.9 Å². The number of hydrogen-bond acceptors (Lipinski definition) is 4. The number of hydrogen-bond donors (Lipinski definition) is 2. The number of amides is 1. The Bertz CT molecular complexity index is 1070. The fourth-order valence-electron chi connectivity index (χ4n) is 2.90. The van der Waals surface area contributed by atoms with Crippen LogP contribution in [0.5, 0.6) is 0 Å². The molecule has 4 rings (SSSR count). The number of carbonyl (C=O) groups is 1. The third-order valence-corrected chi connectivity index (χ3v) is 4.50. The number of nitrogens with one attached hydrogen (secondary N) is 2. The van der Waals surface area contributed by atoms with Crippen molar-refractivity contribution in [2.24, 2.45) is 7.05 Å². The van der Waals surface area contributed by atoms with Gasteiger partial charge in [0.2, 0.25) is 5.91 Å². The van der Waals surface area contributed by atoms with E-state index in [0.717, 1.165) is 28.0 Å². The Kier molecular flexibility index (Phi) is 4.00. The van der Waals surface area contributed by atoms with E-state index >= 15 is 0 Å². The van der Waals surface area contributed by atoms with Crippen LogP contribution < -0.4 is 5.32 Å². The predicted molar refractivity (Wildman–Crippen MR) is 101 cm³/mol. The molecule has 0 bridgehead atoms. The minimum absolute atomic E-state index is 0. The van der Waals surface area contributed by atoms with Crippen LogP contribution in [0.4, 0.5) is 0 Å². The first kappa shape index (κ1) is 16.1. The van der Waals surface area contributed by atoms with E-state index in [2.05, 4.69) is 25.4 Å². The summed E-state index contributed by atoms with van der Waals surface area (Å²) in [4.78, 5) is 24.1. The SMILES string of the molecule is CC(C(=O)NCc1cccn1C)n1cc(-c2ncnc3[nH]ccc23)cn1.[HH].[HH]. The standard InChI is InChI=1S/C18H19N7O.2H2/c1-12(18(26)20-9-14-4-3-7-24(14)2)25-10-13(8-23-25)16-15-5-6-19-17(15)22-11-21-16;;/h3-8,10-12H,9H2,1-2H3,(H,20,26)(H,19,21,22);2*1H. The Labute approximate surface area is 152 Å². The second-order valence-electron chi connectivity index (χ2n) is 6.18. The molecule has 8 heteroatoms.